The van der Waals surface area contributed by atoms with Crippen molar-refractivity contribution >= 4 is 23.7 Å². The Balaban J connectivity index is 2.20. The molecular weight excluding hydrogens is 306 g/mol. The fourth-order valence-corrected chi connectivity index (χ4v) is 2.69. The summed E-state index contributed by atoms with van der Waals surface area (Å²) >= 11 is 5.46. The van der Waals surface area contributed by atoms with Gasteiger partial charge < -0.3 is 14.8 Å². The Labute approximate surface area is 134 Å². The fraction of sp³-hybridized carbons (Fsp3) is 0.500. The van der Waals surface area contributed by atoms with Gasteiger partial charge >= 0.3 is 12.1 Å². The summed E-state index contributed by atoms with van der Waals surface area (Å²) in [5, 5.41) is 2.83. The fourth-order valence-electron chi connectivity index (χ4n) is 2.59. The summed E-state index contributed by atoms with van der Waals surface area (Å²) in [5.74, 6) is -0.482. The monoisotopic (exact) mass is 325 g/mol. The van der Waals surface area contributed by atoms with E-state index in [0.717, 1.165) is 24.0 Å². The summed E-state index contributed by atoms with van der Waals surface area (Å²) in [6.07, 6.45) is 1.02. The first-order chi connectivity index (χ1) is 10.3. The van der Waals surface area contributed by atoms with E-state index in [2.05, 4.69) is 5.32 Å². The zero-order chi connectivity index (χ0) is 16.3. The van der Waals surface area contributed by atoms with Gasteiger partial charge in [0, 0.05) is 0 Å². The summed E-state index contributed by atoms with van der Waals surface area (Å²) in [5.41, 5.74) is 1.70. The molecule has 0 heterocycles. The smallest absolute Gasteiger partial charge is 0.408 e. The summed E-state index contributed by atoms with van der Waals surface area (Å²) in [4.78, 5) is 24.0. The predicted molar refractivity (Wildman–Crippen MR) is 83.0 cm³/mol. The molecule has 0 bridgehead atoms. The first-order valence-electron chi connectivity index (χ1n) is 7.16. The summed E-state index contributed by atoms with van der Waals surface area (Å²) in [6, 6.07) is 4.97. The highest BCUT2D eigenvalue weighted by Crippen LogP contribution is 2.34. The number of rotatable bonds is 3. The SMILES string of the molecule is CC(C)(C)OC(=O)NC1CCc2cccc(C(=O)OCCl)c21. The van der Waals surface area contributed by atoms with E-state index >= 15 is 0 Å². The van der Waals surface area contributed by atoms with E-state index in [-0.39, 0.29) is 12.1 Å². The largest absolute Gasteiger partial charge is 0.446 e. The van der Waals surface area contributed by atoms with Gasteiger partial charge in [-0.1, -0.05) is 23.7 Å². The molecule has 1 N–H and O–H groups in total. The molecule has 0 saturated heterocycles. The lowest BCUT2D eigenvalue weighted by Crippen LogP contribution is -2.34. The first-order valence-corrected chi connectivity index (χ1v) is 7.69. The minimum atomic E-state index is -0.567. The van der Waals surface area contributed by atoms with Crippen LogP contribution in [0.15, 0.2) is 18.2 Å². The second kappa shape index (κ2) is 6.57. The molecule has 0 spiro atoms. The number of ether oxygens (including phenoxy) is 2. The number of fused-ring (bicyclic) bond motifs is 1. The molecule has 1 aromatic rings. The average Bonchev–Trinajstić information content (AvgIpc) is 2.80. The molecule has 120 valence electrons. The molecule has 1 atom stereocenters. The Kier molecular flexibility index (Phi) is 4.96. The number of alkyl halides is 1. The minimum Gasteiger partial charge on any atom is -0.446 e. The molecule has 1 aliphatic carbocycles. The van der Waals surface area contributed by atoms with Crippen LogP contribution in [0.1, 0.15) is 54.7 Å². The van der Waals surface area contributed by atoms with E-state index in [1.165, 1.54) is 0 Å². The number of alkyl carbamates (subject to hydrolysis) is 1. The van der Waals surface area contributed by atoms with Crippen molar-refractivity contribution in [2.45, 2.75) is 45.3 Å². The number of benzene rings is 1. The van der Waals surface area contributed by atoms with E-state index < -0.39 is 17.7 Å². The van der Waals surface area contributed by atoms with E-state index in [9.17, 15) is 9.59 Å². The molecule has 0 radical (unpaired) electrons. The Hall–Kier alpha value is -1.75. The maximum atomic E-state index is 12.0. The lowest BCUT2D eigenvalue weighted by Gasteiger charge is -2.22. The molecule has 0 saturated carbocycles. The van der Waals surface area contributed by atoms with Gasteiger partial charge in [0.05, 0.1) is 11.6 Å². The van der Waals surface area contributed by atoms with Crippen molar-refractivity contribution in [1.29, 1.82) is 0 Å². The molecule has 0 aromatic heterocycles. The van der Waals surface area contributed by atoms with Gasteiger partial charge in [-0.05, 0) is 50.8 Å². The number of amides is 1. The molecule has 5 nitrogen and oxygen atoms in total. The van der Waals surface area contributed by atoms with E-state index in [4.69, 9.17) is 21.1 Å². The Morgan fingerprint density at radius 2 is 2.09 bits per heavy atom. The third-order valence-corrected chi connectivity index (χ3v) is 3.45. The van der Waals surface area contributed by atoms with E-state index in [1.54, 1.807) is 32.9 Å². The van der Waals surface area contributed by atoms with Crippen LogP contribution in [0.25, 0.3) is 0 Å². The topological polar surface area (TPSA) is 64.6 Å². The van der Waals surface area contributed by atoms with Crippen LogP contribution >= 0.6 is 11.6 Å². The van der Waals surface area contributed by atoms with Crippen molar-refractivity contribution in [2.75, 3.05) is 6.07 Å². The van der Waals surface area contributed by atoms with Crippen molar-refractivity contribution in [1.82, 2.24) is 5.32 Å². The van der Waals surface area contributed by atoms with Gasteiger partial charge in [-0.2, -0.15) is 0 Å². The van der Waals surface area contributed by atoms with Crippen molar-refractivity contribution in [2.24, 2.45) is 0 Å². The molecule has 22 heavy (non-hydrogen) atoms. The van der Waals surface area contributed by atoms with Crippen molar-refractivity contribution in [3.8, 4) is 0 Å². The van der Waals surface area contributed by atoms with Crippen molar-refractivity contribution in [3.63, 3.8) is 0 Å². The van der Waals surface area contributed by atoms with Crippen LogP contribution in [0, 0.1) is 0 Å². The molecular formula is C16H20ClNO4. The van der Waals surface area contributed by atoms with Crippen molar-refractivity contribution < 1.29 is 19.1 Å². The third kappa shape index (κ3) is 3.91. The number of halogens is 1. The van der Waals surface area contributed by atoms with Crippen LogP contribution in [0.2, 0.25) is 0 Å². The van der Waals surface area contributed by atoms with Crippen LogP contribution in [0.4, 0.5) is 4.79 Å². The summed E-state index contributed by atoms with van der Waals surface area (Å²) < 4.78 is 10.1. The number of carbonyl (C=O) groups is 2. The number of aryl methyl sites for hydroxylation is 1. The highest BCUT2D eigenvalue weighted by Gasteiger charge is 2.30. The number of hydrogen-bond acceptors (Lipinski definition) is 4. The maximum Gasteiger partial charge on any atom is 0.408 e. The Morgan fingerprint density at radius 1 is 1.36 bits per heavy atom. The van der Waals surface area contributed by atoms with E-state index in [1.807, 2.05) is 6.07 Å². The van der Waals surface area contributed by atoms with Gasteiger partial charge in [-0.25, -0.2) is 9.59 Å². The van der Waals surface area contributed by atoms with Crippen LogP contribution in [-0.4, -0.2) is 23.7 Å². The molecule has 1 amide bonds. The number of hydrogen-bond donors (Lipinski definition) is 1. The zero-order valence-corrected chi connectivity index (χ0v) is 13.7. The molecule has 1 unspecified atom stereocenters. The highest BCUT2D eigenvalue weighted by atomic mass is 35.5. The number of esters is 1. The first kappa shape index (κ1) is 16.6. The van der Waals surface area contributed by atoms with Crippen LogP contribution in [0.3, 0.4) is 0 Å². The Morgan fingerprint density at radius 3 is 2.73 bits per heavy atom. The molecule has 0 fully saturated rings. The van der Waals surface area contributed by atoms with Gasteiger partial charge in [0.1, 0.15) is 5.60 Å². The Bertz CT molecular complexity index is 580. The van der Waals surface area contributed by atoms with E-state index in [0.29, 0.717) is 5.56 Å². The molecule has 1 aliphatic rings. The normalized spacial score (nSPS) is 16.8. The maximum absolute atomic E-state index is 12.0. The van der Waals surface area contributed by atoms with Gasteiger partial charge in [0.15, 0.2) is 6.07 Å². The standard InChI is InChI=1S/C16H20ClNO4/c1-16(2,3)22-15(20)18-12-8-7-10-5-4-6-11(13(10)12)14(19)21-9-17/h4-6,12H,7-9H2,1-3H3,(H,18,20). The van der Waals surface area contributed by atoms with Gasteiger partial charge in [-0.3, -0.25) is 0 Å². The van der Waals surface area contributed by atoms with Crippen molar-refractivity contribution in [3.05, 3.63) is 34.9 Å². The second-order valence-corrected chi connectivity index (χ2v) is 6.37. The van der Waals surface area contributed by atoms with Crippen LogP contribution < -0.4 is 5.32 Å². The third-order valence-electron chi connectivity index (χ3n) is 3.34. The lowest BCUT2D eigenvalue weighted by molar-refractivity contribution is 0.0496. The number of nitrogens with one attached hydrogen (secondary N) is 1. The van der Waals surface area contributed by atoms with Gasteiger partial charge in [0.25, 0.3) is 0 Å². The van der Waals surface area contributed by atoms with Gasteiger partial charge in [-0.15, -0.1) is 0 Å². The summed E-state index contributed by atoms with van der Waals surface area (Å²) in [7, 11) is 0. The zero-order valence-electron chi connectivity index (χ0n) is 12.9. The predicted octanol–water partition coefficient (Wildman–Crippen LogP) is 3.55. The molecule has 2 rings (SSSR count). The quantitative estimate of drug-likeness (QED) is 0.681. The molecule has 0 aliphatic heterocycles. The van der Waals surface area contributed by atoms with Gasteiger partial charge in [0.2, 0.25) is 0 Å². The molecule has 1 aromatic carbocycles. The van der Waals surface area contributed by atoms with Crippen LogP contribution in [-0.2, 0) is 15.9 Å². The average molecular weight is 326 g/mol. The highest BCUT2D eigenvalue weighted by molar-refractivity contribution is 6.17. The summed E-state index contributed by atoms with van der Waals surface area (Å²) in [6.45, 7) is 5.41. The number of carbonyl (C=O) groups excluding carboxylic acids is 2. The van der Waals surface area contributed by atoms with Crippen LogP contribution in [0.5, 0.6) is 0 Å². The lowest BCUT2D eigenvalue weighted by atomic mass is 10.0. The second-order valence-electron chi connectivity index (χ2n) is 6.16. The minimum absolute atomic E-state index is 0.202. The molecule has 6 heteroatoms.